The van der Waals surface area contributed by atoms with E-state index in [0.717, 1.165) is 5.69 Å². The summed E-state index contributed by atoms with van der Waals surface area (Å²) in [7, 11) is 0.112. The van der Waals surface area contributed by atoms with Crippen LogP contribution in [0.25, 0.3) is 0 Å². The smallest absolute Gasteiger partial charge is 0.154 e. The second kappa shape index (κ2) is 6.65. The second-order valence-electron chi connectivity index (χ2n) is 4.41. The third kappa shape index (κ3) is 4.31. The first-order valence-electron chi connectivity index (χ1n) is 6.08. The number of hydrogen-bond acceptors (Lipinski definition) is 5. The summed E-state index contributed by atoms with van der Waals surface area (Å²) in [5.41, 5.74) is 0.752. The van der Waals surface area contributed by atoms with Crippen LogP contribution in [0.2, 0.25) is 0 Å². The average molecular weight is 287 g/mol. The fourth-order valence-electron chi connectivity index (χ4n) is 1.51. The van der Waals surface area contributed by atoms with Gasteiger partial charge in [-0.15, -0.1) is 0 Å². The molecule has 1 N–H and O–H groups in total. The van der Waals surface area contributed by atoms with Crippen LogP contribution in [0.15, 0.2) is 18.2 Å². The van der Waals surface area contributed by atoms with Crippen molar-refractivity contribution in [1.29, 1.82) is 0 Å². The molecule has 1 aromatic carbocycles. The van der Waals surface area contributed by atoms with Crippen LogP contribution in [-0.4, -0.2) is 40.2 Å². The second-order valence-corrected chi connectivity index (χ2v) is 7.09. The molecule has 0 fully saturated rings. The van der Waals surface area contributed by atoms with Gasteiger partial charge in [-0.05, 0) is 26.0 Å². The SMILES string of the molecule is COc1ccc(NCCS(=O)(=O)C(C)C)c(OC)c1. The maximum absolute atomic E-state index is 11.7. The van der Waals surface area contributed by atoms with Gasteiger partial charge < -0.3 is 14.8 Å². The van der Waals surface area contributed by atoms with E-state index in [9.17, 15) is 8.42 Å². The molecule has 0 aliphatic rings. The Labute approximate surface area is 114 Å². The quantitative estimate of drug-likeness (QED) is 0.830. The van der Waals surface area contributed by atoms with Gasteiger partial charge in [0.05, 0.1) is 30.9 Å². The Hall–Kier alpha value is -1.43. The molecule has 0 spiro atoms. The minimum atomic E-state index is -3.03. The molecule has 6 heteroatoms. The van der Waals surface area contributed by atoms with Crippen LogP contribution in [0.1, 0.15) is 13.8 Å². The Bertz CT molecular complexity index is 511. The number of hydrogen-bond donors (Lipinski definition) is 1. The fraction of sp³-hybridized carbons (Fsp3) is 0.538. The summed E-state index contributed by atoms with van der Waals surface area (Å²) in [5.74, 6) is 1.42. The van der Waals surface area contributed by atoms with Crippen LogP contribution in [0.3, 0.4) is 0 Å². The zero-order chi connectivity index (χ0) is 14.5. The number of rotatable bonds is 7. The van der Waals surface area contributed by atoms with Crippen molar-refractivity contribution >= 4 is 15.5 Å². The minimum Gasteiger partial charge on any atom is -0.497 e. The summed E-state index contributed by atoms with van der Waals surface area (Å²) in [4.78, 5) is 0. The molecule has 19 heavy (non-hydrogen) atoms. The van der Waals surface area contributed by atoms with Gasteiger partial charge in [-0.25, -0.2) is 8.42 Å². The lowest BCUT2D eigenvalue weighted by Gasteiger charge is -2.13. The number of sulfone groups is 1. The van der Waals surface area contributed by atoms with E-state index < -0.39 is 9.84 Å². The Morgan fingerprint density at radius 1 is 1.21 bits per heavy atom. The largest absolute Gasteiger partial charge is 0.497 e. The molecule has 0 bridgehead atoms. The molecule has 0 saturated heterocycles. The summed E-state index contributed by atoms with van der Waals surface area (Å²) < 4.78 is 33.7. The Balaban J connectivity index is 2.68. The van der Waals surface area contributed by atoms with Crippen molar-refractivity contribution in [1.82, 2.24) is 0 Å². The molecule has 0 atom stereocenters. The van der Waals surface area contributed by atoms with Gasteiger partial charge in [0.1, 0.15) is 11.5 Å². The van der Waals surface area contributed by atoms with Crippen LogP contribution < -0.4 is 14.8 Å². The average Bonchev–Trinajstić information content (AvgIpc) is 2.38. The monoisotopic (exact) mass is 287 g/mol. The van der Waals surface area contributed by atoms with Gasteiger partial charge in [-0.1, -0.05) is 0 Å². The molecule has 108 valence electrons. The molecule has 0 aliphatic heterocycles. The van der Waals surface area contributed by atoms with E-state index in [2.05, 4.69) is 5.32 Å². The highest BCUT2D eigenvalue weighted by molar-refractivity contribution is 7.92. The summed E-state index contributed by atoms with van der Waals surface area (Å²) in [6.07, 6.45) is 0. The molecular weight excluding hydrogens is 266 g/mol. The molecule has 0 saturated carbocycles. The van der Waals surface area contributed by atoms with Crippen molar-refractivity contribution in [2.75, 3.05) is 31.8 Å². The number of anilines is 1. The third-order valence-corrected chi connectivity index (χ3v) is 5.04. The Morgan fingerprint density at radius 3 is 2.42 bits per heavy atom. The maximum atomic E-state index is 11.7. The predicted molar refractivity (Wildman–Crippen MR) is 77.0 cm³/mol. The normalized spacial score (nSPS) is 11.4. The molecule has 0 amide bonds. The third-order valence-electron chi connectivity index (χ3n) is 2.83. The molecule has 1 rings (SSSR count). The van der Waals surface area contributed by atoms with E-state index in [1.165, 1.54) is 0 Å². The molecule has 0 unspecified atom stereocenters. The number of benzene rings is 1. The van der Waals surface area contributed by atoms with E-state index in [0.29, 0.717) is 18.0 Å². The van der Waals surface area contributed by atoms with Crippen molar-refractivity contribution in [3.8, 4) is 11.5 Å². The van der Waals surface area contributed by atoms with Crippen LogP contribution in [0.4, 0.5) is 5.69 Å². The van der Waals surface area contributed by atoms with E-state index in [-0.39, 0.29) is 11.0 Å². The lowest BCUT2D eigenvalue weighted by molar-refractivity contribution is 0.395. The zero-order valence-electron chi connectivity index (χ0n) is 11.8. The predicted octanol–water partition coefficient (Wildman–Crippen LogP) is 1.94. The zero-order valence-corrected chi connectivity index (χ0v) is 12.6. The first-order valence-corrected chi connectivity index (χ1v) is 7.79. The topological polar surface area (TPSA) is 64.6 Å². The number of methoxy groups -OCH3 is 2. The number of nitrogens with one attached hydrogen (secondary N) is 1. The summed E-state index contributed by atoms with van der Waals surface area (Å²) in [5, 5.41) is 2.71. The van der Waals surface area contributed by atoms with Gasteiger partial charge in [0, 0.05) is 12.6 Å². The molecular formula is C13H21NO4S. The van der Waals surface area contributed by atoms with Gasteiger partial charge in [-0.2, -0.15) is 0 Å². The van der Waals surface area contributed by atoms with Crippen molar-refractivity contribution in [2.45, 2.75) is 19.1 Å². The first-order chi connectivity index (χ1) is 8.90. The first kappa shape index (κ1) is 15.6. The van der Waals surface area contributed by atoms with Crippen molar-refractivity contribution in [3.63, 3.8) is 0 Å². The van der Waals surface area contributed by atoms with Crippen molar-refractivity contribution in [2.24, 2.45) is 0 Å². The minimum absolute atomic E-state index is 0.0971. The lowest BCUT2D eigenvalue weighted by Crippen LogP contribution is -2.23. The molecule has 0 radical (unpaired) electrons. The Morgan fingerprint density at radius 2 is 1.89 bits per heavy atom. The van der Waals surface area contributed by atoms with Crippen molar-refractivity contribution in [3.05, 3.63) is 18.2 Å². The van der Waals surface area contributed by atoms with Gasteiger partial charge in [0.2, 0.25) is 0 Å². The summed E-state index contributed by atoms with van der Waals surface area (Å²) in [6, 6.07) is 5.35. The summed E-state index contributed by atoms with van der Waals surface area (Å²) >= 11 is 0. The Kier molecular flexibility index (Phi) is 5.47. The van der Waals surface area contributed by atoms with E-state index in [4.69, 9.17) is 9.47 Å². The van der Waals surface area contributed by atoms with Gasteiger partial charge in [-0.3, -0.25) is 0 Å². The number of ether oxygens (including phenoxy) is 2. The van der Waals surface area contributed by atoms with E-state index in [1.807, 2.05) is 0 Å². The van der Waals surface area contributed by atoms with E-state index in [1.54, 1.807) is 46.3 Å². The van der Waals surface area contributed by atoms with E-state index >= 15 is 0 Å². The highest BCUT2D eigenvalue weighted by Crippen LogP contribution is 2.28. The summed E-state index contributed by atoms with van der Waals surface area (Å²) in [6.45, 7) is 3.72. The highest BCUT2D eigenvalue weighted by atomic mass is 32.2. The van der Waals surface area contributed by atoms with Crippen LogP contribution in [0.5, 0.6) is 11.5 Å². The van der Waals surface area contributed by atoms with Gasteiger partial charge in [0.15, 0.2) is 9.84 Å². The molecule has 0 aromatic heterocycles. The standard InChI is InChI=1S/C13H21NO4S/c1-10(2)19(15,16)8-7-14-12-6-5-11(17-3)9-13(12)18-4/h5-6,9-10,14H,7-8H2,1-4H3. The molecule has 1 aromatic rings. The van der Waals surface area contributed by atoms with Crippen LogP contribution >= 0.6 is 0 Å². The fourth-order valence-corrected chi connectivity index (χ4v) is 2.37. The molecule has 0 heterocycles. The maximum Gasteiger partial charge on any atom is 0.154 e. The lowest BCUT2D eigenvalue weighted by atomic mass is 10.2. The van der Waals surface area contributed by atoms with Crippen LogP contribution in [-0.2, 0) is 9.84 Å². The van der Waals surface area contributed by atoms with Crippen molar-refractivity contribution < 1.29 is 17.9 Å². The molecule has 5 nitrogen and oxygen atoms in total. The van der Waals surface area contributed by atoms with Gasteiger partial charge in [0.25, 0.3) is 0 Å². The molecule has 0 aliphatic carbocycles. The van der Waals surface area contributed by atoms with Crippen LogP contribution in [0, 0.1) is 0 Å². The highest BCUT2D eigenvalue weighted by Gasteiger charge is 2.15. The van der Waals surface area contributed by atoms with Gasteiger partial charge >= 0.3 is 0 Å².